The van der Waals surface area contributed by atoms with Crippen molar-refractivity contribution < 1.29 is 9.59 Å². The van der Waals surface area contributed by atoms with Gasteiger partial charge in [-0.3, -0.25) is 14.3 Å². The van der Waals surface area contributed by atoms with E-state index in [4.69, 9.17) is 0 Å². The van der Waals surface area contributed by atoms with Crippen molar-refractivity contribution in [2.24, 2.45) is 0 Å². The summed E-state index contributed by atoms with van der Waals surface area (Å²) in [4.78, 5) is 24.4. The van der Waals surface area contributed by atoms with E-state index in [2.05, 4.69) is 22.3 Å². The molecule has 1 atom stereocenters. The normalized spacial score (nSPS) is 11.5. The van der Waals surface area contributed by atoms with Crippen LogP contribution in [0.5, 0.6) is 0 Å². The first kappa shape index (κ1) is 15.5. The fraction of sp³-hybridized carbons (Fsp3) is 0.188. The summed E-state index contributed by atoms with van der Waals surface area (Å²) in [5.41, 5.74) is 0.874. The van der Waals surface area contributed by atoms with Gasteiger partial charge in [-0.15, -0.1) is 6.58 Å². The lowest BCUT2D eigenvalue weighted by molar-refractivity contribution is -0.119. The lowest BCUT2D eigenvalue weighted by atomic mass is 10.1. The minimum atomic E-state index is -0.473. The van der Waals surface area contributed by atoms with Gasteiger partial charge < -0.3 is 10.6 Å². The summed E-state index contributed by atoms with van der Waals surface area (Å²) < 4.78 is 1.55. The van der Waals surface area contributed by atoms with Gasteiger partial charge in [-0.1, -0.05) is 18.2 Å². The molecule has 0 saturated carbocycles. The second kappa shape index (κ2) is 7.21. The highest BCUT2D eigenvalue weighted by Gasteiger charge is 2.18. The van der Waals surface area contributed by atoms with Crippen LogP contribution in [0.1, 0.15) is 23.3 Å². The van der Waals surface area contributed by atoms with Gasteiger partial charge in [0.2, 0.25) is 5.91 Å². The number of rotatable bonds is 6. The van der Waals surface area contributed by atoms with Crippen LogP contribution in [0.2, 0.25) is 0 Å². The molecule has 1 heterocycles. The zero-order chi connectivity index (χ0) is 15.9. The van der Waals surface area contributed by atoms with Crippen molar-refractivity contribution in [1.29, 1.82) is 0 Å². The molecule has 0 aliphatic rings. The van der Waals surface area contributed by atoms with Crippen LogP contribution in [0.15, 0.2) is 55.4 Å². The van der Waals surface area contributed by atoms with Crippen LogP contribution in [0.25, 0.3) is 0 Å². The third-order valence-electron chi connectivity index (χ3n) is 3.14. The highest BCUT2D eigenvalue weighted by Crippen LogP contribution is 2.17. The number of benzene rings is 1. The Bertz CT molecular complexity index is 665. The number of nitrogens with zero attached hydrogens (tertiary/aromatic N) is 2. The number of para-hydroxylation sites is 1. The molecule has 0 fully saturated rings. The second-order valence-corrected chi connectivity index (χ2v) is 4.70. The average molecular weight is 298 g/mol. The summed E-state index contributed by atoms with van der Waals surface area (Å²) in [6.45, 7) is 5.66. The van der Waals surface area contributed by atoms with Crippen LogP contribution in [0.3, 0.4) is 0 Å². The largest absolute Gasteiger partial charge is 0.349 e. The summed E-state index contributed by atoms with van der Waals surface area (Å²) in [7, 11) is 0. The Morgan fingerprint density at radius 3 is 2.82 bits per heavy atom. The number of aromatic nitrogens is 2. The van der Waals surface area contributed by atoms with Crippen LogP contribution in [0, 0.1) is 0 Å². The van der Waals surface area contributed by atoms with E-state index in [0.717, 1.165) is 0 Å². The first-order valence-corrected chi connectivity index (χ1v) is 6.91. The lowest BCUT2D eigenvalue weighted by Crippen LogP contribution is -2.27. The number of hydrogen-bond acceptors (Lipinski definition) is 3. The van der Waals surface area contributed by atoms with E-state index in [1.807, 2.05) is 0 Å². The highest BCUT2D eigenvalue weighted by atomic mass is 16.2. The molecule has 22 heavy (non-hydrogen) atoms. The summed E-state index contributed by atoms with van der Waals surface area (Å²) in [5.74, 6) is -0.504. The van der Waals surface area contributed by atoms with Crippen molar-refractivity contribution in [2.75, 3.05) is 11.9 Å². The zero-order valence-corrected chi connectivity index (χ0v) is 12.3. The molecular weight excluding hydrogens is 280 g/mol. The van der Waals surface area contributed by atoms with Gasteiger partial charge in [-0.2, -0.15) is 5.10 Å². The molecule has 2 amide bonds. The van der Waals surface area contributed by atoms with Crippen LogP contribution in [0.4, 0.5) is 5.69 Å². The van der Waals surface area contributed by atoms with E-state index in [9.17, 15) is 9.59 Å². The molecule has 0 bridgehead atoms. The molecule has 6 heteroatoms. The maximum atomic E-state index is 12.3. The molecule has 1 aromatic heterocycles. The highest BCUT2D eigenvalue weighted by molar-refractivity contribution is 6.04. The molecule has 2 aromatic rings. The number of nitrogens with one attached hydrogen (secondary N) is 2. The molecule has 0 saturated heterocycles. The van der Waals surface area contributed by atoms with Crippen LogP contribution < -0.4 is 10.6 Å². The van der Waals surface area contributed by atoms with E-state index in [0.29, 0.717) is 17.8 Å². The molecule has 0 spiro atoms. The van der Waals surface area contributed by atoms with Gasteiger partial charge in [0.25, 0.3) is 5.91 Å². The molecule has 1 aromatic carbocycles. The van der Waals surface area contributed by atoms with Crippen LogP contribution in [-0.4, -0.2) is 28.1 Å². The average Bonchev–Trinajstić information content (AvgIpc) is 3.06. The number of carbonyl (C=O) groups excluding carboxylic acids is 2. The summed E-state index contributed by atoms with van der Waals surface area (Å²) in [5, 5.41) is 9.51. The first-order valence-electron chi connectivity index (χ1n) is 6.91. The second-order valence-electron chi connectivity index (χ2n) is 4.70. The fourth-order valence-corrected chi connectivity index (χ4v) is 1.92. The van der Waals surface area contributed by atoms with Crippen LogP contribution >= 0.6 is 0 Å². The van der Waals surface area contributed by atoms with Gasteiger partial charge in [-0.25, -0.2) is 0 Å². The standard InChI is InChI=1S/C16H18N4O2/c1-3-9-17-16(22)13-7-4-5-8-14(13)19-15(21)12(2)20-11-6-10-18-20/h3-8,10-12H,1,9H2,2H3,(H,17,22)(H,19,21). The molecular formula is C16H18N4O2. The molecule has 0 aliphatic heterocycles. The molecule has 2 N–H and O–H groups in total. The predicted octanol–water partition coefficient (Wildman–Crippen LogP) is 2.00. The van der Waals surface area contributed by atoms with Crippen LogP contribution in [-0.2, 0) is 4.79 Å². The van der Waals surface area contributed by atoms with Crippen molar-refractivity contribution in [3.63, 3.8) is 0 Å². The fourth-order valence-electron chi connectivity index (χ4n) is 1.92. The van der Waals surface area contributed by atoms with E-state index in [-0.39, 0.29) is 11.8 Å². The SMILES string of the molecule is C=CCNC(=O)c1ccccc1NC(=O)C(C)n1cccn1. The topological polar surface area (TPSA) is 76.0 Å². The van der Waals surface area contributed by atoms with Gasteiger partial charge in [0.05, 0.1) is 11.3 Å². The van der Waals surface area contributed by atoms with E-state index >= 15 is 0 Å². The van der Waals surface area contributed by atoms with E-state index in [1.165, 1.54) is 0 Å². The molecule has 0 radical (unpaired) electrons. The summed E-state index contributed by atoms with van der Waals surface area (Å²) in [6.07, 6.45) is 4.92. The number of carbonyl (C=O) groups is 2. The maximum Gasteiger partial charge on any atom is 0.253 e. The number of amides is 2. The first-order chi connectivity index (χ1) is 10.6. The number of anilines is 1. The maximum absolute atomic E-state index is 12.3. The quantitative estimate of drug-likeness (QED) is 0.801. The van der Waals surface area contributed by atoms with Gasteiger partial charge in [0.15, 0.2) is 0 Å². The predicted molar refractivity (Wildman–Crippen MR) is 84.5 cm³/mol. The molecule has 2 rings (SSSR count). The molecule has 1 unspecified atom stereocenters. The minimum Gasteiger partial charge on any atom is -0.349 e. The Balaban J connectivity index is 2.14. The zero-order valence-electron chi connectivity index (χ0n) is 12.3. The van der Waals surface area contributed by atoms with Crippen molar-refractivity contribution >= 4 is 17.5 Å². The van der Waals surface area contributed by atoms with E-state index in [1.54, 1.807) is 60.4 Å². The minimum absolute atomic E-state index is 0.243. The summed E-state index contributed by atoms with van der Waals surface area (Å²) >= 11 is 0. The third-order valence-corrected chi connectivity index (χ3v) is 3.14. The van der Waals surface area contributed by atoms with Gasteiger partial charge in [0, 0.05) is 18.9 Å². The van der Waals surface area contributed by atoms with Crippen molar-refractivity contribution in [3.8, 4) is 0 Å². The number of hydrogen-bond donors (Lipinski definition) is 2. The monoisotopic (exact) mass is 298 g/mol. The van der Waals surface area contributed by atoms with Crippen molar-refractivity contribution in [1.82, 2.24) is 15.1 Å². The van der Waals surface area contributed by atoms with Gasteiger partial charge in [-0.05, 0) is 25.1 Å². The van der Waals surface area contributed by atoms with Gasteiger partial charge in [0.1, 0.15) is 6.04 Å². The Hall–Kier alpha value is -2.89. The Labute approximate surface area is 128 Å². The van der Waals surface area contributed by atoms with Crippen molar-refractivity contribution in [2.45, 2.75) is 13.0 Å². The molecule has 0 aliphatic carbocycles. The Kier molecular flexibility index (Phi) is 5.08. The third kappa shape index (κ3) is 3.60. The van der Waals surface area contributed by atoms with E-state index < -0.39 is 6.04 Å². The lowest BCUT2D eigenvalue weighted by Gasteiger charge is -2.15. The smallest absolute Gasteiger partial charge is 0.253 e. The Morgan fingerprint density at radius 2 is 2.14 bits per heavy atom. The summed E-state index contributed by atoms with van der Waals surface area (Å²) in [6, 6.07) is 8.14. The van der Waals surface area contributed by atoms with Crippen molar-refractivity contribution in [3.05, 3.63) is 60.9 Å². The van der Waals surface area contributed by atoms with Gasteiger partial charge >= 0.3 is 0 Å². The Morgan fingerprint density at radius 1 is 1.36 bits per heavy atom. The molecule has 114 valence electrons. The molecule has 6 nitrogen and oxygen atoms in total.